The van der Waals surface area contributed by atoms with Gasteiger partial charge in [0.2, 0.25) is 11.8 Å². The number of likely N-dealkylation sites (tertiary alicyclic amines) is 1. The molecule has 1 unspecified atom stereocenters. The number of nitrogens with one attached hydrogen (secondary N) is 2. The third kappa shape index (κ3) is 5.19. The minimum atomic E-state index is -4.81. The Morgan fingerprint density at radius 1 is 1.10 bits per heavy atom. The van der Waals surface area contributed by atoms with Crippen LogP contribution in [-0.2, 0) is 15.8 Å². The average molecular weight is 437 g/mol. The van der Waals surface area contributed by atoms with Gasteiger partial charge in [0, 0.05) is 30.8 Å². The van der Waals surface area contributed by atoms with Gasteiger partial charge in [0.25, 0.3) is 5.91 Å². The molecule has 164 valence electrons. The average Bonchev–Trinajstić information content (AvgIpc) is 3.09. The van der Waals surface area contributed by atoms with Crippen molar-refractivity contribution in [3.8, 4) is 0 Å². The highest BCUT2D eigenvalue weighted by Gasteiger charge is 2.37. The Labute approximate surface area is 175 Å². The van der Waals surface area contributed by atoms with Crippen LogP contribution in [-0.4, -0.2) is 35.7 Å². The van der Waals surface area contributed by atoms with Crippen LogP contribution < -0.4 is 10.6 Å². The second-order valence-corrected chi connectivity index (χ2v) is 7.04. The largest absolute Gasteiger partial charge is 0.418 e. The molecule has 1 fully saturated rings. The summed E-state index contributed by atoms with van der Waals surface area (Å²) in [5.74, 6) is -2.92. The summed E-state index contributed by atoms with van der Waals surface area (Å²) >= 11 is 0. The summed E-state index contributed by atoms with van der Waals surface area (Å²) in [6.45, 7) is 2.31. The Balaban J connectivity index is 1.79. The first-order valence-corrected chi connectivity index (χ1v) is 9.45. The normalized spacial score (nSPS) is 16.4. The Morgan fingerprint density at radius 3 is 2.35 bits per heavy atom. The van der Waals surface area contributed by atoms with Crippen LogP contribution >= 0.6 is 0 Å². The molecular weight excluding hydrogens is 418 g/mol. The molecule has 1 aliphatic heterocycles. The molecule has 0 radical (unpaired) electrons. The zero-order valence-electron chi connectivity index (χ0n) is 16.4. The van der Waals surface area contributed by atoms with Crippen LogP contribution in [0.25, 0.3) is 0 Å². The lowest BCUT2D eigenvalue weighted by atomic mass is 10.1. The number of anilines is 2. The van der Waals surface area contributed by atoms with E-state index in [9.17, 15) is 31.9 Å². The molecule has 1 saturated heterocycles. The maximum atomic E-state index is 13.6. The van der Waals surface area contributed by atoms with Crippen molar-refractivity contribution in [1.29, 1.82) is 0 Å². The van der Waals surface area contributed by atoms with Gasteiger partial charge in [-0.05, 0) is 49.4 Å². The lowest BCUT2D eigenvalue weighted by Crippen LogP contribution is -2.28. The minimum Gasteiger partial charge on any atom is -0.342 e. The molecule has 2 N–H and O–H groups in total. The van der Waals surface area contributed by atoms with Crippen LogP contribution in [0.5, 0.6) is 0 Å². The van der Waals surface area contributed by atoms with E-state index in [0.717, 1.165) is 18.2 Å². The van der Waals surface area contributed by atoms with Gasteiger partial charge >= 0.3 is 6.18 Å². The lowest BCUT2D eigenvalue weighted by molar-refractivity contribution is -0.137. The van der Waals surface area contributed by atoms with Crippen LogP contribution in [0.4, 0.5) is 28.9 Å². The summed E-state index contributed by atoms with van der Waals surface area (Å²) in [5.41, 5.74) is -1.69. The number of carbonyl (C=O) groups is 3. The maximum absolute atomic E-state index is 13.6. The van der Waals surface area contributed by atoms with E-state index in [1.54, 1.807) is 6.92 Å². The molecular formula is C21H19F4N3O3. The van der Waals surface area contributed by atoms with E-state index >= 15 is 0 Å². The maximum Gasteiger partial charge on any atom is 0.418 e. The van der Waals surface area contributed by atoms with Crippen molar-refractivity contribution in [2.24, 2.45) is 5.92 Å². The number of hydrogen-bond donors (Lipinski definition) is 2. The summed E-state index contributed by atoms with van der Waals surface area (Å²) in [6, 6.07) is 7.47. The van der Waals surface area contributed by atoms with Crippen LogP contribution in [0.3, 0.4) is 0 Å². The summed E-state index contributed by atoms with van der Waals surface area (Å²) in [7, 11) is 0. The topological polar surface area (TPSA) is 78.5 Å². The fraction of sp³-hybridized carbons (Fsp3) is 0.286. The number of benzene rings is 2. The number of amides is 3. The smallest absolute Gasteiger partial charge is 0.342 e. The van der Waals surface area contributed by atoms with Gasteiger partial charge in [-0.3, -0.25) is 14.4 Å². The molecule has 3 amide bonds. The van der Waals surface area contributed by atoms with Gasteiger partial charge in [-0.1, -0.05) is 0 Å². The highest BCUT2D eigenvalue weighted by atomic mass is 19.4. The van der Waals surface area contributed by atoms with Crippen LogP contribution in [0, 0.1) is 11.7 Å². The van der Waals surface area contributed by atoms with E-state index in [-0.39, 0.29) is 30.1 Å². The van der Waals surface area contributed by atoms with Gasteiger partial charge in [0.05, 0.1) is 17.2 Å². The second-order valence-electron chi connectivity index (χ2n) is 7.04. The summed E-state index contributed by atoms with van der Waals surface area (Å²) < 4.78 is 53.7. The number of nitrogens with zero attached hydrogens (tertiary/aromatic N) is 1. The lowest BCUT2D eigenvalue weighted by Gasteiger charge is -2.18. The van der Waals surface area contributed by atoms with Gasteiger partial charge in [-0.25, -0.2) is 4.39 Å². The van der Waals surface area contributed by atoms with E-state index < -0.39 is 41.0 Å². The molecule has 31 heavy (non-hydrogen) atoms. The van der Waals surface area contributed by atoms with Crippen molar-refractivity contribution in [3.63, 3.8) is 0 Å². The standard InChI is InChI=1S/C21H19F4N3O3/c1-2-28-11-13(9-18(28)29)20(31)27-17-8-7-15(10-16(17)21(23,24)25)26-19(30)12-3-5-14(22)6-4-12/h3-8,10,13H,2,9,11H2,1H3,(H,26,30)(H,27,31). The van der Waals surface area contributed by atoms with Crippen molar-refractivity contribution in [2.45, 2.75) is 19.5 Å². The van der Waals surface area contributed by atoms with E-state index in [0.29, 0.717) is 12.6 Å². The molecule has 0 spiro atoms. The molecule has 3 rings (SSSR count). The molecule has 6 nitrogen and oxygen atoms in total. The van der Waals surface area contributed by atoms with E-state index in [1.807, 2.05) is 0 Å². The van der Waals surface area contributed by atoms with E-state index in [4.69, 9.17) is 0 Å². The first-order chi connectivity index (χ1) is 14.6. The van der Waals surface area contributed by atoms with Gasteiger partial charge in [-0.2, -0.15) is 13.2 Å². The number of rotatable bonds is 5. The van der Waals surface area contributed by atoms with Crippen LogP contribution in [0.1, 0.15) is 29.3 Å². The molecule has 0 bridgehead atoms. The number of carbonyl (C=O) groups excluding carboxylic acids is 3. The Hall–Kier alpha value is -3.43. The number of hydrogen-bond acceptors (Lipinski definition) is 3. The molecule has 2 aromatic carbocycles. The second kappa shape index (κ2) is 8.75. The summed E-state index contributed by atoms with van der Waals surface area (Å²) in [6.07, 6.45) is -4.87. The Morgan fingerprint density at radius 2 is 1.77 bits per heavy atom. The van der Waals surface area contributed by atoms with Crippen molar-refractivity contribution in [2.75, 3.05) is 23.7 Å². The zero-order chi connectivity index (χ0) is 22.8. The predicted molar refractivity (Wildman–Crippen MR) is 105 cm³/mol. The first kappa shape index (κ1) is 22.3. The summed E-state index contributed by atoms with van der Waals surface area (Å²) in [5, 5.41) is 4.57. The quantitative estimate of drug-likeness (QED) is 0.697. The minimum absolute atomic E-state index is 0.0627. The molecule has 1 heterocycles. The molecule has 10 heteroatoms. The number of alkyl halides is 3. The molecule has 2 aromatic rings. The first-order valence-electron chi connectivity index (χ1n) is 9.45. The van der Waals surface area contributed by atoms with E-state index in [1.165, 1.54) is 23.1 Å². The van der Waals surface area contributed by atoms with Gasteiger partial charge in [0.1, 0.15) is 5.82 Å². The van der Waals surface area contributed by atoms with Crippen LogP contribution in [0.15, 0.2) is 42.5 Å². The highest BCUT2D eigenvalue weighted by molar-refractivity contribution is 6.04. The molecule has 0 aliphatic carbocycles. The highest BCUT2D eigenvalue weighted by Crippen LogP contribution is 2.37. The molecule has 1 aliphatic rings. The fourth-order valence-corrected chi connectivity index (χ4v) is 3.26. The van der Waals surface area contributed by atoms with Gasteiger partial charge in [0.15, 0.2) is 0 Å². The fourth-order valence-electron chi connectivity index (χ4n) is 3.26. The third-order valence-electron chi connectivity index (χ3n) is 4.91. The summed E-state index contributed by atoms with van der Waals surface area (Å²) in [4.78, 5) is 37.9. The monoisotopic (exact) mass is 437 g/mol. The van der Waals surface area contributed by atoms with Crippen LogP contribution in [0.2, 0.25) is 0 Å². The van der Waals surface area contributed by atoms with Gasteiger partial charge in [-0.15, -0.1) is 0 Å². The van der Waals surface area contributed by atoms with Crippen molar-refractivity contribution in [1.82, 2.24) is 4.90 Å². The van der Waals surface area contributed by atoms with Crippen molar-refractivity contribution >= 4 is 29.1 Å². The molecule has 1 atom stereocenters. The van der Waals surface area contributed by atoms with Crippen molar-refractivity contribution < 1.29 is 31.9 Å². The third-order valence-corrected chi connectivity index (χ3v) is 4.91. The SMILES string of the molecule is CCN1CC(C(=O)Nc2ccc(NC(=O)c3ccc(F)cc3)cc2C(F)(F)F)CC1=O. The molecule has 0 saturated carbocycles. The Bertz CT molecular complexity index is 1010. The number of halogens is 4. The van der Waals surface area contributed by atoms with E-state index in [2.05, 4.69) is 10.6 Å². The zero-order valence-corrected chi connectivity index (χ0v) is 16.4. The predicted octanol–water partition coefficient (Wildman–Crippen LogP) is 3.90. The molecule has 0 aromatic heterocycles. The van der Waals surface area contributed by atoms with Crippen molar-refractivity contribution in [3.05, 3.63) is 59.4 Å². The Kier molecular flexibility index (Phi) is 6.28. The van der Waals surface area contributed by atoms with Gasteiger partial charge < -0.3 is 15.5 Å².